The second-order valence-electron chi connectivity index (χ2n) is 4.07. The van der Waals surface area contributed by atoms with Gasteiger partial charge in [0, 0.05) is 5.92 Å². The molecule has 0 aromatic heterocycles. The van der Waals surface area contributed by atoms with Gasteiger partial charge in [0.1, 0.15) is 6.61 Å². The first-order chi connectivity index (χ1) is 6.27. The van der Waals surface area contributed by atoms with Crippen LogP contribution < -0.4 is 0 Å². The molecule has 3 heteroatoms. The number of fused-ring (bicyclic) bond motifs is 5. The second-order valence-corrected chi connectivity index (χ2v) is 4.07. The van der Waals surface area contributed by atoms with E-state index in [1.54, 1.807) is 0 Å². The van der Waals surface area contributed by atoms with Gasteiger partial charge in [-0.2, -0.15) is 0 Å². The molecule has 0 N–H and O–H groups in total. The van der Waals surface area contributed by atoms with Crippen molar-refractivity contribution in [2.45, 2.75) is 6.42 Å². The van der Waals surface area contributed by atoms with Crippen LogP contribution in [-0.4, -0.2) is 18.4 Å². The lowest BCUT2D eigenvalue weighted by molar-refractivity contribution is -0.163. The third-order valence-corrected chi connectivity index (χ3v) is 3.46. The fourth-order valence-electron chi connectivity index (χ4n) is 2.92. The number of ketones is 1. The molecule has 1 saturated heterocycles. The molecule has 3 nitrogen and oxygen atoms in total. The van der Waals surface area contributed by atoms with E-state index >= 15 is 0 Å². The highest BCUT2D eigenvalue weighted by atomic mass is 16.5. The summed E-state index contributed by atoms with van der Waals surface area (Å²) in [7, 11) is 0. The number of ether oxygens (including phenoxy) is 1. The molecule has 3 aliphatic rings. The molecule has 1 heterocycles. The predicted octanol–water partition coefficient (Wildman–Crippen LogP) is 0.551. The highest BCUT2D eigenvalue weighted by Crippen LogP contribution is 2.50. The summed E-state index contributed by atoms with van der Waals surface area (Å²) < 4.78 is 4.83. The lowest BCUT2D eigenvalue weighted by Gasteiger charge is -2.29. The van der Waals surface area contributed by atoms with Crippen LogP contribution in [0.2, 0.25) is 0 Å². The number of carbonyl (C=O) groups is 2. The lowest BCUT2D eigenvalue weighted by Crippen LogP contribution is -2.41. The molecule has 0 aromatic rings. The average molecular weight is 178 g/mol. The van der Waals surface area contributed by atoms with Crippen LogP contribution in [0.3, 0.4) is 0 Å². The van der Waals surface area contributed by atoms with Crippen LogP contribution in [0, 0.1) is 23.7 Å². The molecule has 4 atom stereocenters. The molecule has 0 radical (unpaired) electrons. The van der Waals surface area contributed by atoms with Crippen LogP contribution >= 0.6 is 0 Å². The zero-order chi connectivity index (χ0) is 9.00. The first-order valence-electron chi connectivity index (χ1n) is 4.65. The SMILES string of the molecule is O=C1COC(=O)C2C3C=CC(C3)C12. The van der Waals surface area contributed by atoms with E-state index in [1.807, 2.05) is 0 Å². The third-order valence-electron chi connectivity index (χ3n) is 3.46. The number of allylic oxidation sites excluding steroid dienone is 2. The van der Waals surface area contributed by atoms with Gasteiger partial charge in [0.05, 0.1) is 5.92 Å². The minimum atomic E-state index is -0.165. The fraction of sp³-hybridized carbons (Fsp3) is 0.600. The van der Waals surface area contributed by atoms with Gasteiger partial charge in [-0.1, -0.05) is 12.2 Å². The number of esters is 1. The minimum absolute atomic E-state index is 0.00292. The Morgan fingerprint density at radius 3 is 2.54 bits per heavy atom. The Kier molecular flexibility index (Phi) is 1.25. The van der Waals surface area contributed by atoms with E-state index in [0.717, 1.165) is 6.42 Å². The molecule has 68 valence electrons. The maximum absolute atomic E-state index is 11.5. The molecule has 2 bridgehead atoms. The molecular weight excluding hydrogens is 168 g/mol. The Bertz CT molecular complexity index is 288. The number of cyclic esters (lactones) is 1. The molecule has 2 fully saturated rings. The van der Waals surface area contributed by atoms with Crippen LogP contribution in [0.15, 0.2) is 12.2 Å². The Morgan fingerprint density at radius 1 is 1.15 bits per heavy atom. The van der Waals surface area contributed by atoms with Crippen molar-refractivity contribution in [3.8, 4) is 0 Å². The smallest absolute Gasteiger partial charge is 0.310 e. The molecular formula is C10H10O3. The van der Waals surface area contributed by atoms with Crippen LogP contribution in [0.25, 0.3) is 0 Å². The van der Waals surface area contributed by atoms with Crippen molar-refractivity contribution >= 4 is 11.8 Å². The van der Waals surface area contributed by atoms with E-state index in [9.17, 15) is 9.59 Å². The van der Waals surface area contributed by atoms with E-state index in [2.05, 4.69) is 12.2 Å². The van der Waals surface area contributed by atoms with Crippen molar-refractivity contribution in [3.05, 3.63) is 12.2 Å². The van der Waals surface area contributed by atoms with Crippen molar-refractivity contribution < 1.29 is 14.3 Å². The van der Waals surface area contributed by atoms with E-state index in [4.69, 9.17) is 4.74 Å². The molecule has 3 rings (SSSR count). The second kappa shape index (κ2) is 2.22. The van der Waals surface area contributed by atoms with Gasteiger partial charge in [-0.15, -0.1) is 0 Å². The first kappa shape index (κ1) is 7.30. The van der Waals surface area contributed by atoms with Gasteiger partial charge in [0.25, 0.3) is 0 Å². The molecule has 1 saturated carbocycles. The first-order valence-corrected chi connectivity index (χ1v) is 4.65. The van der Waals surface area contributed by atoms with E-state index < -0.39 is 0 Å². The summed E-state index contributed by atoms with van der Waals surface area (Å²) >= 11 is 0. The molecule has 0 spiro atoms. The van der Waals surface area contributed by atoms with Crippen LogP contribution in [0.5, 0.6) is 0 Å². The van der Waals surface area contributed by atoms with Crippen LogP contribution in [0.4, 0.5) is 0 Å². The van der Waals surface area contributed by atoms with E-state index in [1.165, 1.54) is 0 Å². The lowest BCUT2D eigenvalue weighted by atomic mass is 9.79. The van der Waals surface area contributed by atoms with Gasteiger partial charge in [-0.25, -0.2) is 0 Å². The summed E-state index contributed by atoms with van der Waals surface area (Å²) in [6.07, 6.45) is 5.12. The number of rotatable bonds is 0. The fourth-order valence-corrected chi connectivity index (χ4v) is 2.92. The topological polar surface area (TPSA) is 43.4 Å². The van der Waals surface area contributed by atoms with Crippen molar-refractivity contribution in [3.63, 3.8) is 0 Å². The molecule has 4 unspecified atom stereocenters. The van der Waals surface area contributed by atoms with Crippen molar-refractivity contribution in [1.29, 1.82) is 0 Å². The van der Waals surface area contributed by atoms with E-state index in [0.29, 0.717) is 5.92 Å². The van der Waals surface area contributed by atoms with Crippen LogP contribution in [0.1, 0.15) is 6.42 Å². The highest BCUT2D eigenvalue weighted by Gasteiger charge is 2.54. The molecule has 1 aliphatic heterocycles. The normalized spacial score (nSPS) is 46.5. The van der Waals surface area contributed by atoms with E-state index in [-0.39, 0.29) is 36.1 Å². The van der Waals surface area contributed by atoms with Gasteiger partial charge < -0.3 is 4.74 Å². The summed E-state index contributed by atoms with van der Waals surface area (Å²) in [5, 5.41) is 0. The standard InChI is InChI=1S/C10H10O3/c11-7-4-13-10(12)9-6-2-1-5(3-6)8(7)9/h1-2,5-6,8-9H,3-4H2. The highest BCUT2D eigenvalue weighted by molar-refractivity contribution is 5.94. The Morgan fingerprint density at radius 2 is 1.85 bits per heavy atom. The maximum Gasteiger partial charge on any atom is 0.310 e. The van der Waals surface area contributed by atoms with Crippen molar-refractivity contribution in [2.75, 3.05) is 6.61 Å². The predicted molar refractivity (Wildman–Crippen MR) is 43.7 cm³/mol. The number of Topliss-reactive ketones (excluding diaryl/α,β-unsaturated/α-hetero) is 1. The Hall–Kier alpha value is -1.12. The van der Waals surface area contributed by atoms with Gasteiger partial charge in [-0.3, -0.25) is 9.59 Å². The summed E-state index contributed by atoms with van der Waals surface area (Å²) in [5.74, 6) is 0.317. The van der Waals surface area contributed by atoms with Gasteiger partial charge in [-0.05, 0) is 18.3 Å². The van der Waals surface area contributed by atoms with Gasteiger partial charge in [0.15, 0.2) is 5.78 Å². The van der Waals surface area contributed by atoms with Gasteiger partial charge >= 0.3 is 5.97 Å². The number of hydrogen-bond acceptors (Lipinski definition) is 3. The molecule has 13 heavy (non-hydrogen) atoms. The number of carbonyl (C=O) groups excluding carboxylic acids is 2. The van der Waals surface area contributed by atoms with Gasteiger partial charge in [0.2, 0.25) is 0 Å². The summed E-state index contributed by atoms with van der Waals surface area (Å²) in [6.45, 7) is -0.00292. The Balaban J connectivity index is 2.03. The molecule has 0 amide bonds. The minimum Gasteiger partial charge on any atom is -0.457 e. The Labute approximate surface area is 75.8 Å². The monoisotopic (exact) mass is 178 g/mol. The quantitative estimate of drug-likeness (QED) is 0.402. The largest absolute Gasteiger partial charge is 0.457 e. The third kappa shape index (κ3) is 0.794. The van der Waals surface area contributed by atoms with Crippen LogP contribution in [-0.2, 0) is 14.3 Å². The summed E-state index contributed by atoms with van der Waals surface area (Å²) in [4.78, 5) is 22.9. The number of hydrogen-bond donors (Lipinski definition) is 0. The zero-order valence-corrected chi connectivity index (χ0v) is 7.10. The average Bonchev–Trinajstić information content (AvgIpc) is 2.70. The summed E-state index contributed by atoms with van der Waals surface area (Å²) in [5.41, 5.74) is 0. The summed E-state index contributed by atoms with van der Waals surface area (Å²) in [6, 6.07) is 0. The molecule has 0 aromatic carbocycles. The maximum atomic E-state index is 11.5. The van der Waals surface area contributed by atoms with Crippen molar-refractivity contribution in [1.82, 2.24) is 0 Å². The van der Waals surface area contributed by atoms with Crippen molar-refractivity contribution in [2.24, 2.45) is 23.7 Å². The molecule has 2 aliphatic carbocycles. The zero-order valence-electron chi connectivity index (χ0n) is 7.10.